The molecule has 1 unspecified atom stereocenters. The van der Waals surface area contributed by atoms with Crippen molar-refractivity contribution < 1.29 is 19.4 Å². The van der Waals surface area contributed by atoms with Crippen LogP contribution in [0.5, 0.6) is 0 Å². The zero-order valence-electron chi connectivity index (χ0n) is 12.3. The standard InChI is InChI=1S/C16H19NO4/c1-11(2)14(16(20)21-3)17-15(19)13-9-5-4-7-12(13)8-6-10-18/h4-5,7,9,11,14,18H,10H2,1-3H3,(H,17,19). The Balaban J connectivity index is 3.00. The zero-order valence-corrected chi connectivity index (χ0v) is 12.3. The van der Waals surface area contributed by atoms with Gasteiger partial charge in [0.15, 0.2) is 0 Å². The van der Waals surface area contributed by atoms with Gasteiger partial charge in [0.2, 0.25) is 0 Å². The highest BCUT2D eigenvalue weighted by Crippen LogP contribution is 2.10. The average Bonchev–Trinajstić information content (AvgIpc) is 2.49. The quantitative estimate of drug-likeness (QED) is 0.639. The van der Waals surface area contributed by atoms with Crippen LogP contribution in [-0.2, 0) is 9.53 Å². The fraction of sp³-hybridized carbons (Fsp3) is 0.375. The number of ether oxygens (including phenoxy) is 1. The summed E-state index contributed by atoms with van der Waals surface area (Å²) in [6, 6.07) is 6.03. The van der Waals surface area contributed by atoms with Gasteiger partial charge in [-0.25, -0.2) is 4.79 Å². The largest absolute Gasteiger partial charge is 0.467 e. The van der Waals surface area contributed by atoms with Gasteiger partial charge >= 0.3 is 5.97 Å². The van der Waals surface area contributed by atoms with Crippen molar-refractivity contribution in [1.82, 2.24) is 5.32 Å². The lowest BCUT2D eigenvalue weighted by Crippen LogP contribution is -2.45. The summed E-state index contributed by atoms with van der Waals surface area (Å²) in [6.07, 6.45) is 0. The second-order valence-corrected chi connectivity index (χ2v) is 4.72. The summed E-state index contributed by atoms with van der Waals surface area (Å²) in [5, 5.41) is 11.4. The van der Waals surface area contributed by atoms with Crippen molar-refractivity contribution in [1.29, 1.82) is 0 Å². The van der Waals surface area contributed by atoms with E-state index in [9.17, 15) is 9.59 Å². The molecule has 0 heterocycles. The molecular formula is C16H19NO4. The highest BCUT2D eigenvalue weighted by atomic mass is 16.5. The summed E-state index contributed by atoms with van der Waals surface area (Å²) in [7, 11) is 1.28. The van der Waals surface area contributed by atoms with Crippen LogP contribution in [0.3, 0.4) is 0 Å². The Morgan fingerprint density at radius 3 is 2.57 bits per heavy atom. The van der Waals surface area contributed by atoms with E-state index in [0.717, 1.165) is 0 Å². The van der Waals surface area contributed by atoms with Crippen molar-refractivity contribution in [2.45, 2.75) is 19.9 Å². The van der Waals surface area contributed by atoms with E-state index < -0.39 is 17.9 Å². The molecule has 1 aromatic carbocycles. The van der Waals surface area contributed by atoms with Gasteiger partial charge in [-0.2, -0.15) is 0 Å². The second kappa shape index (κ2) is 8.08. The number of amides is 1. The van der Waals surface area contributed by atoms with Crippen LogP contribution >= 0.6 is 0 Å². The fourth-order valence-corrected chi connectivity index (χ4v) is 1.77. The number of methoxy groups -OCH3 is 1. The number of carbonyl (C=O) groups excluding carboxylic acids is 2. The number of aliphatic hydroxyl groups is 1. The van der Waals surface area contributed by atoms with E-state index in [0.29, 0.717) is 11.1 Å². The second-order valence-electron chi connectivity index (χ2n) is 4.72. The Hall–Kier alpha value is -2.32. The molecular weight excluding hydrogens is 270 g/mol. The number of carbonyl (C=O) groups is 2. The molecule has 1 aromatic rings. The first kappa shape index (κ1) is 16.7. The molecule has 0 spiro atoms. The van der Waals surface area contributed by atoms with E-state index in [1.165, 1.54) is 7.11 Å². The number of nitrogens with one attached hydrogen (secondary N) is 1. The van der Waals surface area contributed by atoms with E-state index in [1.54, 1.807) is 24.3 Å². The van der Waals surface area contributed by atoms with Crippen LogP contribution in [-0.4, -0.2) is 36.7 Å². The summed E-state index contributed by atoms with van der Waals surface area (Å²) in [6.45, 7) is 3.35. The highest BCUT2D eigenvalue weighted by molar-refractivity contribution is 5.98. The van der Waals surface area contributed by atoms with Gasteiger partial charge in [0.25, 0.3) is 5.91 Å². The molecule has 2 N–H and O–H groups in total. The molecule has 0 bridgehead atoms. The zero-order chi connectivity index (χ0) is 15.8. The normalized spacial score (nSPS) is 11.3. The molecule has 0 aliphatic rings. The number of aliphatic hydroxyl groups excluding tert-OH is 1. The third-order valence-electron chi connectivity index (χ3n) is 2.88. The Kier molecular flexibility index (Phi) is 6.44. The van der Waals surface area contributed by atoms with Gasteiger partial charge in [0.1, 0.15) is 12.6 Å². The van der Waals surface area contributed by atoms with E-state index in [2.05, 4.69) is 17.2 Å². The predicted octanol–water partition coefficient (Wildman–Crippen LogP) is 0.958. The molecule has 0 saturated heterocycles. The van der Waals surface area contributed by atoms with Crippen LogP contribution in [0.2, 0.25) is 0 Å². The monoisotopic (exact) mass is 289 g/mol. The van der Waals surface area contributed by atoms with Gasteiger partial charge in [-0.15, -0.1) is 0 Å². The molecule has 1 atom stereocenters. The fourth-order valence-electron chi connectivity index (χ4n) is 1.77. The average molecular weight is 289 g/mol. The summed E-state index contributed by atoms with van der Waals surface area (Å²) in [4.78, 5) is 24.0. The molecule has 0 aromatic heterocycles. The third-order valence-corrected chi connectivity index (χ3v) is 2.88. The van der Waals surface area contributed by atoms with Crippen LogP contribution < -0.4 is 5.32 Å². The number of hydrogen-bond acceptors (Lipinski definition) is 4. The number of benzene rings is 1. The summed E-state index contributed by atoms with van der Waals surface area (Å²) in [5.41, 5.74) is 0.851. The van der Waals surface area contributed by atoms with Crippen LogP contribution in [0.25, 0.3) is 0 Å². The molecule has 0 radical (unpaired) electrons. The predicted molar refractivity (Wildman–Crippen MR) is 78.5 cm³/mol. The van der Waals surface area contributed by atoms with E-state index in [4.69, 9.17) is 9.84 Å². The van der Waals surface area contributed by atoms with E-state index in [-0.39, 0.29) is 12.5 Å². The van der Waals surface area contributed by atoms with E-state index >= 15 is 0 Å². The molecule has 5 heteroatoms. The first-order chi connectivity index (χ1) is 10.0. The number of rotatable bonds is 4. The Morgan fingerprint density at radius 2 is 2.00 bits per heavy atom. The molecule has 0 fully saturated rings. The summed E-state index contributed by atoms with van der Waals surface area (Å²) >= 11 is 0. The van der Waals surface area contributed by atoms with Crippen LogP contribution in [0.4, 0.5) is 0 Å². The van der Waals surface area contributed by atoms with Crippen molar-refractivity contribution >= 4 is 11.9 Å². The maximum atomic E-state index is 12.3. The first-order valence-corrected chi connectivity index (χ1v) is 6.58. The highest BCUT2D eigenvalue weighted by Gasteiger charge is 2.25. The molecule has 1 rings (SSSR count). The Bertz CT molecular complexity index is 569. The molecule has 1 amide bonds. The topological polar surface area (TPSA) is 75.6 Å². The van der Waals surface area contributed by atoms with Gasteiger partial charge in [-0.1, -0.05) is 37.8 Å². The molecule has 5 nitrogen and oxygen atoms in total. The lowest BCUT2D eigenvalue weighted by Gasteiger charge is -2.20. The lowest BCUT2D eigenvalue weighted by atomic mass is 10.0. The molecule has 0 aliphatic carbocycles. The van der Waals surface area contributed by atoms with E-state index in [1.807, 2.05) is 13.8 Å². The SMILES string of the molecule is COC(=O)C(NC(=O)c1ccccc1C#CCO)C(C)C. The molecule has 0 saturated carbocycles. The number of hydrogen-bond donors (Lipinski definition) is 2. The summed E-state index contributed by atoms with van der Waals surface area (Å²) < 4.78 is 4.69. The first-order valence-electron chi connectivity index (χ1n) is 6.58. The van der Waals surface area contributed by atoms with Crippen LogP contribution in [0.1, 0.15) is 29.8 Å². The van der Waals surface area contributed by atoms with Gasteiger partial charge in [-0.3, -0.25) is 4.79 Å². The molecule has 0 aliphatic heterocycles. The van der Waals surface area contributed by atoms with Crippen LogP contribution in [0, 0.1) is 17.8 Å². The maximum absolute atomic E-state index is 12.3. The third kappa shape index (κ3) is 4.62. The molecule has 112 valence electrons. The number of esters is 1. The van der Waals surface area contributed by atoms with Gasteiger partial charge < -0.3 is 15.2 Å². The van der Waals surface area contributed by atoms with Gasteiger partial charge in [-0.05, 0) is 18.1 Å². The van der Waals surface area contributed by atoms with Crippen molar-refractivity contribution in [2.75, 3.05) is 13.7 Å². The Labute approximate surface area is 124 Å². The Morgan fingerprint density at radius 1 is 1.33 bits per heavy atom. The maximum Gasteiger partial charge on any atom is 0.328 e. The van der Waals surface area contributed by atoms with Gasteiger partial charge in [0, 0.05) is 5.56 Å². The minimum atomic E-state index is -0.721. The van der Waals surface area contributed by atoms with Crippen molar-refractivity contribution in [2.24, 2.45) is 5.92 Å². The minimum Gasteiger partial charge on any atom is -0.467 e. The van der Waals surface area contributed by atoms with Crippen molar-refractivity contribution in [3.05, 3.63) is 35.4 Å². The smallest absolute Gasteiger partial charge is 0.328 e. The summed E-state index contributed by atoms with van der Waals surface area (Å²) in [5.74, 6) is 4.23. The lowest BCUT2D eigenvalue weighted by molar-refractivity contribution is -0.144. The van der Waals surface area contributed by atoms with Crippen molar-refractivity contribution in [3.8, 4) is 11.8 Å². The minimum absolute atomic E-state index is 0.0999. The van der Waals surface area contributed by atoms with Crippen LogP contribution in [0.15, 0.2) is 24.3 Å². The van der Waals surface area contributed by atoms with Crippen molar-refractivity contribution in [3.63, 3.8) is 0 Å². The van der Waals surface area contributed by atoms with Gasteiger partial charge in [0.05, 0.1) is 12.7 Å². The molecule has 21 heavy (non-hydrogen) atoms.